The molecule has 0 radical (unpaired) electrons. The fraction of sp³-hybridized carbons (Fsp3) is 0.400. The summed E-state index contributed by atoms with van der Waals surface area (Å²) in [6.07, 6.45) is 3.47. The van der Waals surface area contributed by atoms with Gasteiger partial charge in [-0.2, -0.15) is 0 Å². The molecule has 0 bridgehead atoms. The van der Waals surface area contributed by atoms with Crippen molar-refractivity contribution in [1.29, 1.82) is 0 Å². The minimum atomic E-state index is 0.583. The summed E-state index contributed by atoms with van der Waals surface area (Å²) < 4.78 is 2.20. The third kappa shape index (κ3) is 1.70. The number of nitrogens with two attached hydrogens (primary N) is 1. The average Bonchev–Trinajstić information content (AvgIpc) is 3.16. The molecule has 1 aliphatic carbocycles. The van der Waals surface area contributed by atoms with Gasteiger partial charge in [0.1, 0.15) is 17.3 Å². The van der Waals surface area contributed by atoms with Gasteiger partial charge in [0.2, 0.25) is 0 Å². The second-order valence-electron chi connectivity index (χ2n) is 5.00. The molecule has 1 aromatic heterocycles. The number of imidazole rings is 1. The molecule has 0 aliphatic heterocycles. The lowest BCUT2D eigenvalue weighted by Gasteiger charge is -2.07. The standard InChI is InChI=1S/C15H19N3/c1-3-11-6-4-5-7-13(11)14-15(16)18(10(2)17-14)12-8-9-12/h4-7,12H,3,8-9,16H2,1-2H3. The molecule has 3 rings (SSSR count). The Morgan fingerprint density at radius 3 is 2.72 bits per heavy atom. The lowest BCUT2D eigenvalue weighted by Crippen LogP contribution is -2.02. The second kappa shape index (κ2) is 4.16. The molecule has 2 aromatic rings. The van der Waals surface area contributed by atoms with E-state index in [0.717, 1.165) is 23.8 Å². The second-order valence-corrected chi connectivity index (χ2v) is 5.00. The van der Waals surface area contributed by atoms with Crippen LogP contribution in [0.1, 0.15) is 37.2 Å². The van der Waals surface area contributed by atoms with Gasteiger partial charge in [0, 0.05) is 11.6 Å². The van der Waals surface area contributed by atoms with Crippen LogP contribution in [0, 0.1) is 6.92 Å². The number of benzene rings is 1. The summed E-state index contributed by atoms with van der Waals surface area (Å²) in [5, 5.41) is 0. The number of hydrogen-bond acceptors (Lipinski definition) is 2. The monoisotopic (exact) mass is 241 g/mol. The Bertz CT molecular complexity index is 579. The molecule has 1 heterocycles. The first kappa shape index (κ1) is 11.3. The molecule has 18 heavy (non-hydrogen) atoms. The Balaban J connectivity index is 2.14. The van der Waals surface area contributed by atoms with Gasteiger partial charge in [-0.3, -0.25) is 0 Å². The summed E-state index contributed by atoms with van der Waals surface area (Å²) >= 11 is 0. The van der Waals surface area contributed by atoms with E-state index in [1.165, 1.54) is 24.0 Å². The SMILES string of the molecule is CCc1ccccc1-c1nc(C)n(C2CC2)c1N. The van der Waals surface area contributed by atoms with Crippen LogP contribution in [-0.2, 0) is 6.42 Å². The fourth-order valence-electron chi connectivity index (χ4n) is 2.61. The summed E-state index contributed by atoms with van der Waals surface area (Å²) in [4.78, 5) is 4.69. The van der Waals surface area contributed by atoms with Gasteiger partial charge >= 0.3 is 0 Å². The first-order valence-corrected chi connectivity index (χ1v) is 6.65. The average molecular weight is 241 g/mol. The highest BCUT2D eigenvalue weighted by atomic mass is 15.2. The lowest BCUT2D eigenvalue weighted by atomic mass is 10.0. The third-order valence-corrected chi connectivity index (χ3v) is 3.69. The van der Waals surface area contributed by atoms with Crippen molar-refractivity contribution in [1.82, 2.24) is 9.55 Å². The molecule has 2 N–H and O–H groups in total. The van der Waals surface area contributed by atoms with Crippen molar-refractivity contribution in [3.05, 3.63) is 35.7 Å². The molecule has 1 aromatic carbocycles. The molecule has 0 unspecified atom stereocenters. The smallest absolute Gasteiger partial charge is 0.131 e. The van der Waals surface area contributed by atoms with E-state index in [2.05, 4.69) is 40.7 Å². The van der Waals surface area contributed by atoms with Crippen molar-refractivity contribution < 1.29 is 0 Å². The van der Waals surface area contributed by atoms with E-state index >= 15 is 0 Å². The van der Waals surface area contributed by atoms with Gasteiger partial charge in [0.15, 0.2) is 0 Å². The normalized spacial score (nSPS) is 15.0. The van der Waals surface area contributed by atoms with Gasteiger partial charge in [-0.05, 0) is 31.7 Å². The van der Waals surface area contributed by atoms with Gasteiger partial charge < -0.3 is 10.3 Å². The maximum absolute atomic E-state index is 6.30. The van der Waals surface area contributed by atoms with Crippen molar-refractivity contribution in [3.63, 3.8) is 0 Å². The van der Waals surface area contributed by atoms with Gasteiger partial charge in [-0.1, -0.05) is 31.2 Å². The number of hydrogen-bond donors (Lipinski definition) is 1. The zero-order valence-corrected chi connectivity index (χ0v) is 11.0. The molecular weight excluding hydrogens is 222 g/mol. The number of nitrogens with zero attached hydrogens (tertiary/aromatic N) is 2. The molecule has 94 valence electrons. The molecule has 0 spiro atoms. The number of nitrogen functional groups attached to an aromatic ring is 1. The van der Waals surface area contributed by atoms with Crippen LogP contribution in [0.25, 0.3) is 11.3 Å². The van der Waals surface area contributed by atoms with E-state index in [1.807, 2.05) is 6.92 Å². The van der Waals surface area contributed by atoms with E-state index in [-0.39, 0.29) is 0 Å². The van der Waals surface area contributed by atoms with Crippen molar-refractivity contribution in [2.75, 3.05) is 5.73 Å². The molecule has 0 amide bonds. The van der Waals surface area contributed by atoms with Crippen molar-refractivity contribution in [3.8, 4) is 11.3 Å². The Morgan fingerprint density at radius 2 is 2.06 bits per heavy atom. The number of rotatable bonds is 3. The van der Waals surface area contributed by atoms with Crippen LogP contribution in [-0.4, -0.2) is 9.55 Å². The topological polar surface area (TPSA) is 43.8 Å². The summed E-state index contributed by atoms with van der Waals surface area (Å²) in [5.41, 5.74) is 9.75. The first-order valence-electron chi connectivity index (χ1n) is 6.65. The summed E-state index contributed by atoms with van der Waals surface area (Å²) in [5.74, 6) is 1.87. The molecule has 3 nitrogen and oxygen atoms in total. The van der Waals surface area contributed by atoms with Crippen molar-refractivity contribution in [2.24, 2.45) is 0 Å². The van der Waals surface area contributed by atoms with Crippen LogP contribution in [0.15, 0.2) is 24.3 Å². The number of anilines is 1. The molecule has 0 saturated heterocycles. The summed E-state index contributed by atoms with van der Waals surface area (Å²) in [6, 6.07) is 8.98. The van der Waals surface area contributed by atoms with Crippen molar-refractivity contribution >= 4 is 5.82 Å². The van der Waals surface area contributed by atoms with E-state index in [9.17, 15) is 0 Å². The van der Waals surface area contributed by atoms with E-state index in [4.69, 9.17) is 5.73 Å². The summed E-state index contributed by atoms with van der Waals surface area (Å²) in [7, 11) is 0. The molecule has 1 saturated carbocycles. The predicted octanol–water partition coefficient (Wildman–Crippen LogP) is 3.34. The number of aryl methyl sites for hydroxylation is 2. The van der Waals surface area contributed by atoms with Crippen LogP contribution < -0.4 is 5.73 Å². The molecule has 0 atom stereocenters. The quantitative estimate of drug-likeness (QED) is 0.895. The van der Waals surface area contributed by atoms with Crippen LogP contribution in [0.3, 0.4) is 0 Å². The molecule has 3 heteroatoms. The molecule has 1 aliphatic rings. The maximum Gasteiger partial charge on any atom is 0.131 e. The van der Waals surface area contributed by atoms with E-state index < -0.39 is 0 Å². The third-order valence-electron chi connectivity index (χ3n) is 3.69. The van der Waals surface area contributed by atoms with Gasteiger partial charge in [0.25, 0.3) is 0 Å². The van der Waals surface area contributed by atoms with Gasteiger partial charge in [-0.25, -0.2) is 4.98 Å². The largest absolute Gasteiger partial charge is 0.383 e. The minimum Gasteiger partial charge on any atom is -0.383 e. The zero-order chi connectivity index (χ0) is 12.7. The zero-order valence-electron chi connectivity index (χ0n) is 11.0. The summed E-state index contributed by atoms with van der Waals surface area (Å²) in [6.45, 7) is 4.21. The highest BCUT2D eigenvalue weighted by Crippen LogP contribution is 2.41. The van der Waals surface area contributed by atoms with E-state index in [0.29, 0.717) is 6.04 Å². The highest BCUT2D eigenvalue weighted by Gasteiger charge is 2.28. The predicted molar refractivity (Wildman–Crippen MR) is 74.5 cm³/mol. The molecular formula is C15H19N3. The van der Waals surface area contributed by atoms with Gasteiger partial charge in [0.05, 0.1) is 0 Å². The lowest BCUT2D eigenvalue weighted by molar-refractivity contribution is 0.720. The minimum absolute atomic E-state index is 0.583. The van der Waals surface area contributed by atoms with Gasteiger partial charge in [-0.15, -0.1) is 0 Å². The van der Waals surface area contributed by atoms with Crippen LogP contribution in [0.5, 0.6) is 0 Å². The van der Waals surface area contributed by atoms with Crippen LogP contribution >= 0.6 is 0 Å². The van der Waals surface area contributed by atoms with Crippen LogP contribution in [0.4, 0.5) is 5.82 Å². The molecule has 1 fully saturated rings. The Kier molecular flexibility index (Phi) is 2.62. The van der Waals surface area contributed by atoms with Crippen molar-refractivity contribution in [2.45, 2.75) is 39.2 Å². The Hall–Kier alpha value is -1.77. The Morgan fingerprint density at radius 1 is 1.33 bits per heavy atom. The highest BCUT2D eigenvalue weighted by molar-refractivity contribution is 5.74. The van der Waals surface area contributed by atoms with Crippen LogP contribution in [0.2, 0.25) is 0 Å². The number of aromatic nitrogens is 2. The maximum atomic E-state index is 6.30. The Labute approximate surface area is 108 Å². The fourth-order valence-corrected chi connectivity index (χ4v) is 2.61. The first-order chi connectivity index (χ1) is 8.72. The van der Waals surface area contributed by atoms with E-state index in [1.54, 1.807) is 0 Å².